The van der Waals surface area contributed by atoms with E-state index >= 15 is 0 Å². The highest BCUT2D eigenvalue weighted by Gasteiger charge is 2.16. The number of fused-ring (bicyclic) bond motifs is 1. The van der Waals surface area contributed by atoms with Crippen LogP contribution in [0.2, 0.25) is 0 Å². The second-order valence-electron chi connectivity index (χ2n) is 9.20. The van der Waals surface area contributed by atoms with Crippen LogP contribution in [0.15, 0.2) is 72.3 Å². The number of rotatable bonds is 13. The summed E-state index contributed by atoms with van der Waals surface area (Å²) in [6.45, 7) is 6.87. The fourth-order valence-corrected chi connectivity index (χ4v) is 4.28. The highest BCUT2D eigenvalue weighted by atomic mass is 16.5. The van der Waals surface area contributed by atoms with Crippen molar-refractivity contribution >= 4 is 22.8 Å². The van der Waals surface area contributed by atoms with Crippen molar-refractivity contribution in [2.24, 2.45) is 5.92 Å². The van der Waals surface area contributed by atoms with Crippen LogP contribution in [-0.4, -0.2) is 18.7 Å². The average molecular weight is 457 g/mol. The number of benzene rings is 3. The molecule has 1 unspecified atom stereocenters. The number of aldehydes is 1. The standard InChI is InChI=1S/C31H36O3/c1-4-19-34-31-15-9-25(10-16-31)6-13-28(24(3)17-18-32)22-30(33)14-8-26-7-12-27-11-5-23(2)20-29(27)21-26/h5,7,9-12,15-18,20-21,28H,4,6,8,13-14,19,22H2,1-3H3. The lowest BCUT2D eigenvalue weighted by atomic mass is 9.87. The Kier molecular flexibility index (Phi) is 9.63. The highest BCUT2D eigenvalue weighted by molar-refractivity contribution is 5.84. The van der Waals surface area contributed by atoms with Gasteiger partial charge in [-0.3, -0.25) is 9.59 Å². The van der Waals surface area contributed by atoms with E-state index in [4.69, 9.17) is 4.74 Å². The molecule has 0 amide bonds. The lowest BCUT2D eigenvalue weighted by molar-refractivity contribution is -0.119. The van der Waals surface area contributed by atoms with Gasteiger partial charge >= 0.3 is 0 Å². The summed E-state index contributed by atoms with van der Waals surface area (Å²) in [5.41, 5.74) is 4.62. The van der Waals surface area contributed by atoms with E-state index in [0.29, 0.717) is 12.8 Å². The monoisotopic (exact) mass is 456 g/mol. The quantitative estimate of drug-likeness (QED) is 0.201. The molecular weight excluding hydrogens is 420 g/mol. The van der Waals surface area contributed by atoms with E-state index < -0.39 is 0 Å². The lowest BCUT2D eigenvalue weighted by Crippen LogP contribution is -2.12. The highest BCUT2D eigenvalue weighted by Crippen LogP contribution is 2.24. The normalized spacial score (nSPS) is 12.5. The van der Waals surface area contributed by atoms with Crippen LogP contribution >= 0.6 is 0 Å². The van der Waals surface area contributed by atoms with Gasteiger partial charge in [-0.15, -0.1) is 0 Å². The topological polar surface area (TPSA) is 43.4 Å². The summed E-state index contributed by atoms with van der Waals surface area (Å²) in [5, 5.41) is 2.44. The number of carbonyl (C=O) groups is 2. The van der Waals surface area contributed by atoms with Crippen LogP contribution in [0.5, 0.6) is 5.75 Å². The van der Waals surface area contributed by atoms with Crippen molar-refractivity contribution in [3.05, 3.63) is 89.0 Å². The van der Waals surface area contributed by atoms with Crippen molar-refractivity contribution in [3.8, 4) is 5.75 Å². The number of ketones is 1. The third-order valence-corrected chi connectivity index (χ3v) is 6.38. The zero-order chi connectivity index (χ0) is 24.3. The van der Waals surface area contributed by atoms with Gasteiger partial charge in [0.05, 0.1) is 6.61 Å². The van der Waals surface area contributed by atoms with Crippen molar-refractivity contribution < 1.29 is 14.3 Å². The molecule has 0 bridgehead atoms. The van der Waals surface area contributed by atoms with Crippen LogP contribution in [0.1, 0.15) is 56.2 Å². The molecule has 3 aromatic rings. The van der Waals surface area contributed by atoms with E-state index in [1.165, 1.54) is 27.5 Å². The van der Waals surface area contributed by atoms with Crippen LogP contribution in [0, 0.1) is 12.8 Å². The van der Waals surface area contributed by atoms with Crippen molar-refractivity contribution in [1.82, 2.24) is 0 Å². The lowest BCUT2D eigenvalue weighted by Gasteiger charge is -2.17. The van der Waals surface area contributed by atoms with Crippen molar-refractivity contribution in [1.29, 1.82) is 0 Å². The van der Waals surface area contributed by atoms with Crippen LogP contribution in [0.25, 0.3) is 10.8 Å². The third kappa shape index (κ3) is 7.69. The predicted molar refractivity (Wildman–Crippen MR) is 140 cm³/mol. The fraction of sp³-hybridized carbons (Fsp3) is 0.355. The van der Waals surface area contributed by atoms with E-state index in [0.717, 1.165) is 49.9 Å². The van der Waals surface area contributed by atoms with E-state index in [1.807, 2.05) is 19.1 Å². The summed E-state index contributed by atoms with van der Waals surface area (Å²) >= 11 is 0. The molecule has 3 heteroatoms. The summed E-state index contributed by atoms with van der Waals surface area (Å²) in [5.74, 6) is 1.21. The molecule has 178 valence electrons. The maximum atomic E-state index is 12.9. The second-order valence-corrected chi connectivity index (χ2v) is 9.20. The maximum absolute atomic E-state index is 12.9. The van der Waals surface area contributed by atoms with Crippen LogP contribution in [0.4, 0.5) is 0 Å². The summed E-state index contributed by atoms with van der Waals surface area (Å²) < 4.78 is 5.66. The molecule has 0 fully saturated rings. The van der Waals surface area contributed by atoms with Gasteiger partial charge in [-0.2, -0.15) is 0 Å². The SMILES string of the molecule is CCCOc1ccc(CCC(CC(=O)CCc2ccc3ccc(C)cc3c2)C(C)=CC=O)cc1. The smallest absolute Gasteiger partial charge is 0.142 e. The Bertz CT molecular complexity index is 1130. The average Bonchev–Trinajstić information content (AvgIpc) is 2.84. The number of hydrogen-bond acceptors (Lipinski definition) is 3. The minimum atomic E-state index is 0.0768. The molecule has 34 heavy (non-hydrogen) atoms. The van der Waals surface area contributed by atoms with Gasteiger partial charge in [-0.1, -0.05) is 66.6 Å². The van der Waals surface area contributed by atoms with E-state index in [2.05, 4.69) is 62.4 Å². The largest absolute Gasteiger partial charge is 0.494 e. The Morgan fingerprint density at radius 2 is 1.68 bits per heavy atom. The Morgan fingerprint density at radius 3 is 2.41 bits per heavy atom. The molecule has 0 saturated carbocycles. The number of allylic oxidation sites excluding steroid dienone is 2. The summed E-state index contributed by atoms with van der Waals surface area (Å²) in [6.07, 6.45) is 6.85. The number of aryl methyl sites for hydroxylation is 3. The Morgan fingerprint density at radius 1 is 0.941 bits per heavy atom. The first-order valence-electron chi connectivity index (χ1n) is 12.3. The van der Waals surface area contributed by atoms with Gasteiger partial charge < -0.3 is 4.74 Å². The Labute approximate surface area is 203 Å². The number of ether oxygens (including phenoxy) is 1. The first-order chi connectivity index (χ1) is 16.5. The molecule has 0 heterocycles. The van der Waals surface area contributed by atoms with Crippen molar-refractivity contribution in [2.45, 2.75) is 59.3 Å². The van der Waals surface area contributed by atoms with Crippen LogP contribution < -0.4 is 4.74 Å². The molecular formula is C31H36O3. The summed E-state index contributed by atoms with van der Waals surface area (Å²) in [7, 11) is 0. The number of carbonyl (C=O) groups excluding carboxylic acids is 2. The van der Waals surface area contributed by atoms with Gasteiger partial charge in [-0.05, 0) is 85.6 Å². The van der Waals surface area contributed by atoms with Crippen LogP contribution in [-0.2, 0) is 22.4 Å². The van der Waals surface area contributed by atoms with Crippen LogP contribution in [0.3, 0.4) is 0 Å². The number of Topliss-reactive ketones (excluding diaryl/α,β-unsaturated/α-hetero) is 1. The van der Waals surface area contributed by atoms with Gasteiger partial charge in [0.15, 0.2) is 0 Å². The second kappa shape index (κ2) is 12.9. The predicted octanol–water partition coefficient (Wildman–Crippen LogP) is 7.22. The fourth-order valence-electron chi connectivity index (χ4n) is 4.28. The Balaban J connectivity index is 1.57. The van der Waals surface area contributed by atoms with E-state index in [9.17, 15) is 9.59 Å². The van der Waals surface area contributed by atoms with Crippen molar-refractivity contribution in [3.63, 3.8) is 0 Å². The van der Waals surface area contributed by atoms with Gasteiger partial charge in [0.1, 0.15) is 17.8 Å². The van der Waals surface area contributed by atoms with E-state index in [1.54, 1.807) is 6.08 Å². The molecule has 0 spiro atoms. The van der Waals surface area contributed by atoms with E-state index in [-0.39, 0.29) is 11.7 Å². The molecule has 3 rings (SSSR count). The molecule has 0 saturated heterocycles. The first kappa shape index (κ1) is 25.4. The maximum Gasteiger partial charge on any atom is 0.142 e. The molecule has 3 aromatic carbocycles. The minimum Gasteiger partial charge on any atom is -0.494 e. The zero-order valence-electron chi connectivity index (χ0n) is 20.7. The molecule has 0 aliphatic carbocycles. The van der Waals surface area contributed by atoms with Crippen molar-refractivity contribution in [2.75, 3.05) is 6.61 Å². The molecule has 0 radical (unpaired) electrons. The summed E-state index contributed by atoms with van der Waals surface area (Å²) in [4.78, 5) is 23.9. The molecule has 3 nitrogen and oxygen atoms in total. The molecule has 0 aliphatic heterocycles. The van der Waals surface area contributed by atoms with Gasteiger partial charge in [-0.25, -0.2) is 0 Å². The molecule has 1 atom stereocenters. The zero-order valence-corrected chi connectivity index (χ0v) is 20.7. The van der Waals surface area contributed by atoms with Gasteiger partial charge in [0.25, 0.3) is 0 Å². The molecule has 0 N–H and O–H groups in total. The Hall–Kier alpha value is -3.20. The number of hydrogen-bond donors (Lipinski definition) is 0. The molecule has 0 aromatic heterocycles. The third-order valence-electron chi connectivity index (χ3n) is 6.38. The minimum absolute atomic E-state index is 0.0768. The van der Waals surface area contributed by atoms with Gasteiger partial charge in [0, 0.05) is 12.8 Å². The summed E-state index contributed by atoms with van der Waals surface area (Å²) in [6, 6.07) is 21.1. The first-order valence-corrected chi connectivity index (χ1v) is 12.3. The molecule has 0 aliphatic rings. The van der Waals surface area contributed by atoms with Gasteiger partial charge in [0.2, 0.25) is 0 Å².